The molecule has 3 heteroatoms. The summed E-state index contributed by atoms with van der Waals surface area (Å²) < 4.78 is 0. The zero-order chi connectivity index (χ0) is 32.0. The largest absolute Gasteiger partial charge is 0.330 e. The Hall–Kier alpha value is -2.39. The summed E-state index contributed by atoms with van der Waals surface area (Å²) in [5, 5.41) is 3.07. The second-order valence-corrected chi connectivity index (χ2v) is 14.5. The quantitative estimate of drug-likeness (QED) is 0.311. The first-order valence-corrected chi connectivity index (χ1v) is 17.2. The molecule has 3 aliphatic rings. The predicted octanol–water partition coefficient (Wildman–Crippen LogP) is 10.6. The van der Waals surface area contributed by atoms with Crippen molar-refractivity contribution in [3.63, 3.8) is 0 Å². The summed E-state index contributed by atoms with van der Waals surface area (Å²) >= 11 is 0. The van der Waals surface area contributed by atoms with Gasteiger partial charge in [-0.05, 0) is 67.2 Å². The molecule has 0 radical (unpaired) electrons. The molecular formula is C40H64N2O. The number of hydrogen-bond acceptors (Lipinski definition) is 2. The molecule has 2 aliphatic carbocycles. The number of rotatable bonds is 9. The summed E-state index contributed by atoms with van der Waals surface area (Å²) in [6.07, 6.45) is 21.2. The molecule has 4 rings (SSSR count). The molecule has 1 aromatic carbocycles. The van der Waals surface area contributed by atoms with E-state index in [1.807, 2.05) is 13.0 Å². The Morgan fingerprint density at radius 2 is 1.60 bits per heavy atom. The zero-order valence-corrected chi connectivity index (χ0v) is 29.4. The van der Waals surface area contributed by atoms with E-state index in [0.29, 0.717) is 17.3 Å². The van der Waals surface area contributed by atoms with Gasteiger partial charge in [0.05, 0.1) is 0 Å². The van der Waals surface area contributed by atoms with Crippen molar-refractivity contribution >= 4 is 11.5 Å². The molecule has 0 bridgehead atoms. The number of nitrogens with zero attached hydrogens (tertiary/aromatic N) is 1. The fraction of sp³-hybridized carbons (Fsp3) is 0.625. The van der Waals surface area contributed by atoms with E-state index >= 15 is 0 Å². The van der Waals surface area contributed by atoms with E-state index in [1.165, 1.54) is 55.2 Å². The molecular weight excluding hydrogens is 524 g/mol. The highest BCUT2D eigenvalue weighted by atomic mass is 16.2. The van der Waals surface area contributed by atoms with Crippen molar-refractivity contribution in [1.82, 2.24) is 10.2 Å². The molecule has 3 nitrogen and oxygen atoms in total. The van der Waals surface area contributed by atoms with E-state index in [2.05, 4.69) is 127 Å². The monoisotopic (exact) mass is 589 g/mol. The molecule has 1 fully saturated rings. The Morgan fingerprint density at radius 3 is 2.21 bits per heavy atom. The number of likely N-dealkylation sites (N-methyl/N-ethyl adjacent to an activating group) is 1. The van der Waals surface area contributed by atoms with Crippen molar-refractivity contribution in [2.75, 3.05) is 20.1 Å². The number of hydrogen-bond donors (Lipinski definition) is 1. The Labute approximate surface area is 266 Å². The Kier molecular flexibility index (Phi) is 15.2. The molecule has 43 heavy (non-hydrogen) atoms. The molecule has 1 aliphatic heterocycles. The molecule has 1 amide bonds. The van der Waals surface area contributed by atoms with Crippen molar-refractivity contribution in [2.45, 2.75) is 114 Å². The number of carbonyl (C=O) groups excluding carboxylic acids is 1. The van der Waals surface area contributed by atoms with Gasteiger partial charge in [0.15, 0.2) is 0 Å². The summed E-state index contributed by atoms with van der Waals surface area (Å²) in [6, 6.07) is 10.5. The molecule has 1 heterocycles. The average Bonchev–Trinajstić information content (AvgIpc) is 3.13. The number of allylic oxidation sites excluding steroid dienone is 6. The number of nitrogens with one attached hydrogen (secondary N) is 1. The van der Waals surface area contributed by atoms with Crippen LogP contribution in [0.5, 0.6) is 0 Å². The van der Waals surface area contributed by atoms with E-state index in [-0.39, 0.29) is 17.2 Å². The normalized spacial score (nSPS) is 21.8. The standard InChI is InChI=1S/C20H35N.C16H19NO.C4H10/c1-8-12-20(5,6)17(2)15-21(7)16-18-10-9-13-19(3,4)14-11-18;1-11-15(12-7-3-2-4-8-12)13-9-5-6-10-14(13)16(18)17-11;1-3-4-2/h9-11,13-14,17H,8,12,15-16H2,1-7H3;2-4,7-8,13-14H,5-6,9-10H2,1H3,(H,17,18);3-4H2,1-2H3. The summed E-state index contributed by atoms with van der Waals surface area (Å²) in [6.45, 7) is 22.6. The maximum absolute atomic E-state index is 12.1. The lowest BCUT2D eigenvalue weighted by atomic mass is 9.70. The number of amides is 1. The molecule has 3 atom stereocenters. The minimum absolute atomic E-state index is 0.174. The minimum Gasteiger partial charge on any atom is -0.330 e. The summed E-state index contributed by atoms with van der Waals surface area (Å²) in [5.74, 6) is 1.56. The first-order chi connectivity index (χ1) is 20.3. The van der Waals surface area contributed by atoms with Gasteiger partial charge in [0, 0.05) is 30.1 Å². The predicted molar refractivity (Wildman–Crippen MR) is 189 cm³/mol. The van der Waals surface area contributed by atoms with Crippen LogP contribution in [-0.4, -0.2) is 30.9 Å². The van der Waals surface area contributed by atoms with Gasteiger partial charge in [-0.1, -0.05) is 148 Å². The van der Waals surface area contributed by atoms with Crippen LogP contribution in [0.25, 0.3) is 5.57 Å². The number of unbranched alkanes of at least 4 members (excludes halogenated alkanes) is 1. The van der Waals surface area contributed by atoms with Crippen LogP contribution in [0, 0.1) is 28.6 Å². The lowest BCUT2D eigenvalue weighted by molar-refractivity contribution is -0.126. The molecule has 1 saturated carbocycles. The summed E-state index contributed by atoms with van der Waals surface area (Å²) in [7, 11) is 2.24. The van der Waals surface area contributed by atoms with E-state index in [4.69, 9.17) is 0 Å². The molecule has 1 N–H and O–H groups in total. The second-order valence-electron chi connectivity index (χ2n) is 14.5. The third-order valence-electron chi connectivity index (χ3n) is 9.60. The van der Waals surface area contributed by atoms with Gasteiger partial charge in [0.1, 0.15) is 0 Å². The molecule has 240 valence electrons. The number of benzene rings is 1. The van der Waals surface area contributed by atoms with Gasteiger partial charge in [0.25, 0.3) is 0 Å². The highest BCUT2D eigenvalue weighted by molar-refractivity contribution is 5.89. The SMILES string of the molecule is CC1=C(c2ccccc2)C2CCCCC2C(=O)N1.CCCC.CCCC(C)(C)C(C)CN(C)CC1=CC=CC(C)(C)C=C1. The topological polar surface area (TPSA) is 32.3 Å². The van der Waals surface area contributed by atoms with E-state index in [1.54, 1.807) is 0 Å². The van der Waals surface area contributed by atoms with Crippen molar-refractivity contribution < 1.29 is 4.79 Å². The molecule has 0 aromatic heterocycles. The fourth-order valence-electron chi connectivity index (χ4n) is 6.40. The van der Waals surface area contributed by atoms with Crippen LogP contribution in [0.15, 0.2) is 72.0 Å². The van der Waals surface area contributed by atoms with Crippen LogP contribution in [0.3, 0.4) is 0 Å². The van der Waals surface area contributed by atoms with E-state index < -0.39 is 0 Å². The van der Waals surface area contributed by atoms with Gasteiger partial charge in [-0.2, -0.15) is 0 Å². The third-order valence-corrected chi connectivity index (χ3v) is 9.60. The zero-order valence-electron chi connectivity index (χ0n) is 29.4. The van der Waals surface area contributed by atoms with Crippen LogP contribution >= 0.6 is 0 Å². The number of carbonyl (C=O) groups is 1. The summed E-state index contributed by atoms with van der Waals surface area (Å²) in [5.41, 5.74) is 5.69. The highest BCUT2D eigenvalue weighted by Gasteiger charge is 2.38. The lowest BCUT2D eigenvalue weighted by Gasteiger charge is -2.37. The Morgan fingerprint density at radius 1 is 0.977 bits per heavy atom. The van der Waals surface area contributed by atoms with Crippen LogP contribution < -0.4 is 5.32 Å². The Balaban J connectivity index is 0.000000269. The van der Waals surface area contributed by atoms with E-state index in [9.17, 15) is 4.79 Å². The molecule has 3 unspecified atom stereocenters. The van der Waals surface area contributed by atoms with Crippen molar-refractivity contribution in [2.24, 2.45) is 28.6 Å². The molecule has 0 saturated heterocycles. The first kappa shape index (κ1) is 36.8. The van der Waals surface area contributed by atoms with Crippen molar-refractivity contribution in [3.05, 3.63) is 77.5 Å². The van der Waals surface area contributed by atoms with Gasteiger partial charge in [-0.3, -0.25) is 4.79 Å². The summed E-state index contributed by atoms with van der Waals surface area (Å²) in [4.78, 5) is 14.5. The van der Waals surface area contributed by atoms with E-state index in [0.717, 1.165) is 31.6 Å². The lowest BCUT2D eigenvalue weighted by Crippen LogP contribution is -2.41. The smallest absolute Gasteiger partial charge is 0.227 e. The first-order valence-electron chi connectivity index (χ1n) is 17.2. The maximum atomic E-state index is 12.1. The van der Waals surface area contributed by atoms with Gasteiger partial charge < -0.3 is 10.2 Å². The van der Waals surface area contributed by atoms with Crippen LogP contribution in [0.2, 0.25) is 0 Å². The van der Waals surface area contributed by atoms with Crippen LogP contribution in [0.4, 0.5) is 0 Å². The van der Waals surface area contributed by atoms with Gasteiger partial charge in [-0.25, -0.2) is 0 Å². The Bertz CT molecular complexity index is 1100. The second kappa shape index (κ2) is 17.8. The van der Waals surface area contributed by atoms with Gasteiger partial charge >= 0.3 is 0 Å². The number of fused-ring (bicyclic) bond motifs is 1. The molecule has 1 aromatic rings. The minimum atomic E-state index is 0.174. The average molecular weight is 589 g/mol. The maximum Gasteiger partial charge on any atom is 0.227 e. The third kappa shape index (κ3) is 11.9. The molecule has 0 spiro atoms. The van der Waals surface area contributed by atoms with Crippen molar-refractivity contribution in [1.29, 1.82) is 0 Å². The van der Waals surface area contributed by atoms with Gasteiger partial charge in [-0.15, -0.1) is 0 Å². The van der Waals surface area contributed by atoms with Gasteiger partial charge in [0.2, 0.25) is 5.91 Å². The fourth-order valence-corrected chi connectivity index (χ4v) is 6.40. The van der Waals surface area contributed by atoms with Crippen molar-refractivity contribution in [3.8, 4) is 0 Å². The highest BCUT2D eigenvalue weighted by Crippen LogP contribution is 2.43. The van der Waals surface area contributed by atoms with Crippen LogP contribution in [-0.2, 0) is 4.79 Å². The van der Waals surface area contributed by atoms with Crippen LogP contribution in [0.1, 0.15) is 119 Å².